The van der Waals surface area contributed by atoms with Crippen molar-refractivity contribution in [2.24, 2.45) is 0 Å². The highest BCUT2D eigenvalue weighted by atomic mass is 19.1. The van der Waals surface area contributed by atoms with E-state index < -0.39 is 23.2 Å². The van der Waals surface area contributed by atoms with Gasteiger partial charge in [0.1, 0.15) is 11.6 Å². The van der Waals surface area contributed by atoms with Crippen LogP contribution in [0, 0.1) is 23.0 Å². The molecule has 0 atom stereocenters. The number of halogens is 2. The average molecular weight is 223 g/mol. The number of benzene rings is 1. The maximum atomic E-state index is 13.3. The molecular formula is C11H7F2NO2. The lowest BCUT2D eigenvalue weighted by Gasteiger charge is -2.01. The minimum atomic E-state index is -1.52. The van der Waals surface area contributed by atoms with E-state index in [1.807, 2.05) is 0 Å². The van der Waals surface area contributed by atoms with Crippen LogP contribution in [0.2, 0.25) is 0 Å². The molecule has 0 radical (unpaired) electrons. The predicted octanol–water partition coefficient (Wildman–Crippen LogP) is 2.59. The van der Waals surface area contributed by atoms with Crippen molar-refractivity contribution >= 4 is 12.0 Å². The minimum Gasteiger partial charge on any atom is -0.478 e. The van der Waals surface area contributed by atoms with E-state index in [1.165, 1.54) is 12.2 Å². The molecule has 82 valence electrons. The van der Waals surface area contributed by atoms with Gasteiger partial charge in [0.25, 0.3) is 0 Å². The zero-order valence-corrected chi connectivity index (χ0v) is 8.08. The summed E-state index contributed by atoms with van der Waals surface area (Å²) in [4.78, 5) is 10.5. The van der Waals surface area contributed by atoms with Crippen molar-refractivity contribution in [3.05, 3.63) is 41.0 Å². The molecule has 0 fully saturated rings. The van der Waals surface area contributed by atoms with Gasteiger partial charge in [0.15, 0.2) is 0 Å². The zero-order chi connectivity index (χ0) is 12.1. The Labute approximate surface area is 90.2 Å². The van der Waals surface area contributed by atoms with Crippen molar-refractivity contribution in [3.63, 3.8) is 0 Å². The number of nitriles is 1. The Bertz CT molecular complexity index is 489. The second kappa shape index (κ2) is 5.03. The summed E-state index contributed by atoms with van der Waals surface area (Å²) in [6, 6.07) is 3.20. The van der Waals surface area contributed by atoms with Crippen molar-refractivity contribution in [1.82, 2.24) is 0 Å². The molecular weight excluding hydrogens is 216 g/mol. The fraction of sp³-hybridized carbons (Fsp3) is 0.0909. The molecule has 0 spiro atoms. The number of aromatic carboxylic acids is 1. The normalized spacial score (nSPS) is 10.3. The lowest BCUT2D eigenvalue weighted by atomic mass is 10.1. The Morgan fingerprint density at radius 1 is 1.44 bits per heavy atom. The van der Waals surface area contributed by atoms with Crippen LogP contribution in [0.15, 0.2) is 18.2 Å². The largest absolute Gasteiger partial charge is 0.478 e. The lowest BCUT2D eigenvalue weighted by molar-refractivity contribution is 0.0691. The standard InChI is InChI=1S/C11H7F2NO2/c12-9-6-8(11(15)16)10(13)5-7(9)3-1-2-4-14/h1,3,5-6H,2H2,(H,15,16). The van der Waals surface area contributed by atoms with Gasteiger partial charge in [-0.05, 0) is 12.1 Å². The molecule has 0 saturated carbocycles. The van der Waals surface area contributed by atoms with Crippen molar-refractivity contribution < 1.29 is 18.7 Å². The van der Waals surface area contributed by atoms with Crippen molar-refractivity contribution in [1.29, 1.82) is 5.26 Å². The molecule has 5 heteroatoms. The van der Waals surface area contributed by atoms with Gasteiger partial charge in [-0.15, -0.1) is 0 Å². The first-order valence-electron chi connectivity index (χ1n) is 4.32. The van der Waals surface area contributed by atoms with Gasteiger partial charge in [0, 0.05) is 5.56 Å². The maximum Gasteiger partial charge on any atom is 0.338 e. The number of carbonyl (C=O) groups is 1. The predicted molar refractivity (Wildman–Crippen MR) is 52.6 cm³/mol. The molecule has 1 rings (SSSR count). The van der Waals surface area contributed by atoms with Crippen LogP contribution in [-0.4, -0.2) is 11.1 Å². The van der Waals surface area contributed by atoms with Gasteiger partial charge in [0.2, 0.25) is 0 Å². The highest BCUT2D eigenvalue weighted by Gasteiger charge is 2.13. The summed E-state index contributed by atoms with van der Waals surface area (Å²) in [5.74, 6) is -3.37. The van der Waals surface area contributed by atoms with Crippen LogP contribution in [0.3, 0.4) is 0 Å². The van der Waals surface area contributed by atoms with Crippen LogP contribution in [0.4, 0.5) is 8.78 Å². The summed E-state index contributed by atoms with van der Waals surface area (Å²) < 4.78 is 26.4. The molecule has 0 aliphatic carbocycles. The topological polar surface area (TPSA) is 61.1 Å². The summed E-state index contributed by atoms with van der Waals surface area (Å²) in [6.45, 7) is 0. The number of nitrogens with zero attached hydrogens (tertiary/aromatic N) is 1. The number of hydrogen-bond acceptors (Lipinski definition) is 2. The van der Waals surface area contributed by atoms with Crippen LogP contribution in [-0.2, 0) is 0 Å². The summed E-state index contributed by atoms with van der Waals surface area (Å²) in [7, 11) is 0. The molecule has 0 unspecified atom stereocenters. The van der Waals surface area contributed by atoms with Gasteiger partial charge in [-0.2, -0.15) is 5.26 Å². The van der Waals surface area contributed by atoms with Gasteiger partial charge >= 0.3 is 5.97 Å². The minimum absolute atomic E-state index is 0.0712. The van der Waals surface area contributed by atoms with Gasteiger partial charge in [-0.1, -0.05) is 12.2 Å². The molecule has 16 heavy (non-hydrogen) atoms. The Hall–Kier alpha value is -2.22. The van der Waals surface area contributed by atoms with Crippen LogP contribution in [0.1, 0.15) is 22.3 Å². The second-order valence-corrected chi connectivity index (χ2v) is 2.92. The quantitative estimate of drug-likeness (QED) is 0.856. The first-order valence-corrected chi connectivity index (χ1v) is 4.32. The molecule has 1 N–H and O–H groups in total. The summed E-state index contributed by atoms with van der Waals surface area (Å²) in [6.07, 6.45) is 2.66. The smallest absolute Gasteiger partial charge is 0.338 e. The third-order valence-electron chi connectivity index (χ3n) is 1.82. The average Bonchev–Trinajstić information content (AvgIpc) is 2.22. The molecule has 1 aromatic carbocycles. The fourth-order valence-electron chi connectivity index (χ4n) is 1.09. The summed E-state index contributed by atoms with van der Waals surface area (Å²) in [5, 5.41) is 16.8. The number of allylic oxidation sites excluding steroid dienone is 1. The Balaban J connectivity index is 3.11. The van der Waals surface area contributed by atoms with Gasteiger partial charge in [-0.25, -0.2) is 13.6 Å². The number of hydrogen-bond donors (Lipinski definition) is 1. The van der Waals surface area contributed by atoms with Crippen LogP contribution in [0.5, 0.6) is 0 Å². The van der Waals surface area contributed by atoms with Crippen LogP contribution >= 0.6 is 0 Å². The van der Waals surface area contributed by atoms with Gasteiger partial charge in [0.05, 0.1) is 18.1 Å². The fourth-order valence-corrected chi connectivity index (χ4v) is 1.09. The van der Waals surface area contributed by atoms with E-state index >= 15 is 0 Å². The summed E-state index contributed by atoms with van der Waals surface area (Å²) >= 11 is 0. The molecule has 0 aromatic heterocycles. The first-order chi connectivity index (χ1) is 7.56. The van der Waals surface area contributed by atoms with Crippen molar-refractivity contribution in [3.8, 4) is 6.07 Å². The van der Waals surface area contributed by atoms with Crippen molar-refractivity contribution in [2.75, 3.05) is 0 Å². The third kappa shape index (κ3) is 2.64. The Morgan fingerprint density at radius 2 is 2.12 bits per heavy atom. The van der Waals surface area contributed by atoms with E-state index in [4.69, 9.17) is 10.4 Å². The Kier molecular flexibility index (Phi) is 3.72. The van der Waals surface area contributed by atoms with Crippen LogP contribution in [0.25, 0.3) is 6.08 Å². The zero-order valence-electron chi connectivity index (χ0n) is 8.08. The molecule has 0 amide bonds. The van der Waals surface area contributed by atoms with E-state index in [0.717, 1.165) is 6.07 Å². The number of carboxylic acids is 1. The molecule has 3 nitrogen and oxygen atoms in total. The monoisotopic (exact) mass is 223 g/mol. The van der Waals surface area contributed by atoms with E-state index in [-0.39, 0.29) is 12.0 Å². The van der Waals surface area contributed by atoms with Gasteiger partial charge in [-0.3, -0.25) is 0 Å². The maximum absolute atomic E-state index is 13.3. The number of rotatable bonds is 3. The molecule has 0 bridgehead atoms. The van der Waals surface area contributed by atoms with Crippen LogP contribution < -0.4 is 0 Å². The summed E-state index contributed by atoms with van der Waals surface area (Å²) in [5.41, 5.74) is -0.798. The molecule has 1 aromatic rings. The van der Waals surface area contributed by atoms with E-state index in [1.54, 1.807) is 6.07 Å². The second-order valence-electron chi connectivity index (χ2n) is 2.92. The molecule has 0 saturated heterocycles. The molecule has 0 aliphatic heterocycles. The number of carboxylic acid groups (broad SMARTS) is 1. The molecule has 0 heterocycles. The van der Waals surface area contributed by atoms with E-state index in [9.17, 15) is 13.6 Å². The third-order valence-corrected chi connectivity index (χ3v) is 1.82. The first kappa shape index (κ1) is 11.9. The molecule has 0 aliphatic rings. The van der Waals surface area contributed by atoms with E-state index in [2.05, 4.69) is 0 Å². The highest BCUT2D eigenvalue weighted by Crippen LogP contribution is 2.16. The van der Waals surface area contributed by atoms with Crippen molar-refractivity contribution in [2.45, 2.75) is 6.42 Å². The SMILES string of the molecule is N#CCC=Cc1cc(F)c(C(=O)O)cc1F. The van der Waals surface area contributed by atoms with Gasteiger partial charge < -0.3 is 5.11 Å². The lowest BCUT2D eigenvalue weighted by Crippen LogP contribution is -2.02. The Morgan fingerprint density at radius 3 is 2.69 bits per heavy atom. The highest BCUT2D eigenvalue weighted by molar-refractivity contribution is 5.88. The van der Waals surface area contributed by atoms with E-state index in [0.29, 0.717) is 6.07 Å².